The Morgan fingerprint density at radius 2 is 2.00 bits per heavy atom. The molecule has 8 nitrogen and oxygen atoms in total. The van der Waals surface area contributed by atoms with Crippen molar-refractivity contribution in [2.45, 2.75) is 43.9 Å². The first-order valence-corrected chi connectivity index (χ1v) is 9.37. The largest absolute Gasteiger partial charge is 0.474 e. The number of piperidine rings is 1. The molecule has 0 saturated carbocycles. The molecule has 1 aliphatic rings. The Morgan fingerprint density at radius 1 is 1.25 bits per heavy atom. The molecule has 3 rings (SSSR count). The Balaban J connectivity index is 1.62. The second kappa shape index (κ2) is 6.86. The van der Waals surface area contributed by atoms with Crippen molar-refractivity contribution in [3.63, 3.8) is 0 Å². The van der Waals surface area contributed by atoms with E-state index >= 15 is 0 Å². The minimum Gasteiger partial charge on any atom is -0.474 e. The summed E-state index contributed by atoms with van der Waals surface area (Å²) in [5.41, 5.74) is 0. The molecule has 0 atom stereocenters. The molecule has 3 heterocycles. The molecular formula is C15H21N5O3S. The zero-order valence-corrected chi connectivity index (χ0v) is 14.6. The number of nitrogens with zero attached hydrogens (tertiary/aromatic N) is 5. The summed E-state index contributed by atoms with van der Waals surface area (Å²) in [7, 11) is -3.55. The number of hydrogen-bond donors (Lipinski definition) is 0. The lowest BCUT2D eigenvalue weighted by molar-refractivity contribution is 0.129. The van der Waals surface area contributed by atoms with E-state index in [0.29, 0.717) is 31.8 Å². The summed E-state index contributed by atoms with van der Waals surface area (Å²) < 4.78 is 34.4. The zero-order valence-electron chi connectivity index (χ0n) is 13.7. The SMILES string of the molecule is CC(C)n1cnc(S(=O)(=O)N2CCC(Oc3ccncn3)CC2)c1. The first-order valence-electron chi connectivity index (χ1n) is 7.93. The Bertz CT molecular complexity index is 767. The van der Waals surface area contributed by atoms with Crippen molar-refractivity contribution in [3.8, 4) is 5.88 Å². The fraction of sp³-hybridized carbons (Fsp3) is 0.533. The predicted molar refractivity (Wildman–Crippen MR) is 87.1 cm³/mol. The van der Waals surface area contributed by atoms with Gasteiger partial charge in [-0.3, -0.25) is 0 Å². The standard InChI is InChI=1S/C15H21N5O3S/c1-12(2)19-9-15(18-11-19)24(21,22)20-7-4-13(5-8-20)23-14-3-6-16-10-17-14/h3,6,9-13H,4-5,7-8H2,1-2H3. The third kappa shape index (κ3) is 3.57. The highest BCUT2D eigenvalue weighted by Crippen LogP contribution is 2.22. The van der Waals surface area contributed by atoms with Crippen LogP contribution < -0.4 is 4.74 Å². The van der Waals surface area contributed by atoms with Crippen LogP contribution in [0, 0.1) is 0 Å². The number of sulfonamides is 1. The molecule has 2 aromatic heterocycles. The summed E-state index contributed by atoms with van der Waals surface area (Å²) in [4.78, 5) is 11.9. The normalized spacial score (nSPS) is 17.3. The second-order valence-electron chi connectivity index (χ2n) is 6.02. The van der Waals surface area contributed by atoms with Crippen LogP contribution >= 0.6 is 0 Å². The number of rotatable bonds is 5. The third-order valence-electron chi connectivity index (χ3n) is 4.02. The van der Waals surface area contributed by atoms with Gasteiger partial charge in [-0.25, -0.2) is 23.4 Å². The van der Waals surface area contributed by atoms with Crippen molar-refractivity contribution in [3.05, 3.63) is 31.1 Å². The van der Waals surface area contributed by atoms with Gasteiger partial charge >= 0.3 is 0 Å². The molecule has 0 aromatic carbocycles. The van der Waals surface area contributed by atoms with Crippen LogP contribution in [0.3, 0.4) is 0 Å². The van der Waals surface area contributed by atoms with E-state index < -0.39 is 10.0 Å². The van der Waals surface area contributed by atoms with Gasteiger partial charge < -0.3 is 9.30 Å². The van der Waals surface area contributed by atoms with Crippen LogP contribution in [0.1, 0.15) is 32.7 Å². The van der Waals surface area contributed by atoms with Crippen LogP contribution in [-0.4, -0.2) is 51.4 Å². The zero-order chi connectivity index (χ0) is 17.2. The first-order chi connectivity index (χ1) is 11.5. The second-order valence-corrected chi connectivity index (χ2v) is 7.91. The highest BCUT2D eigenvalue weighted by Gasteiger charge is 2.31. The number of imidazole rings is 1. The lowest BCUT2D eigenvalue weighted by atomic mass is 10.1. The van der Waals surface area contributed by atoms with Crippen LogP contribution in [0.5, 0.6) is 5.88 Å². The van der Waals surface area contributed by atoms with Gasteiger partial charge in [0.15, 0.2) is 5.03 Å². The molecule has 0 amide bonds. The van der Waals surface area contributed by atoms with E-state index in [1.807, 2.05) is 13.8 Å². The molecule has 0 bridgehead atoms. The smallest absolute Gasteiger partial charge is 0.262 e. The summed E-state index contributed by atoms with van der Waals surface area (Å²) >= 11 is 0. The summed E-state index contributed by atoms with van der Waals surface area (Å²) in [6.07, 6.45) is 7.39. The van der Waals surface area contributed by atoms with Crippen LogP contribution in [0.25, 0.3) is 0 Å². The summed E-state index contributed by atoms with van der Waals surface area (Å²) in [6, 6.07) is 1.87. The molecule has 0 radical (unpaired) electrons. The molecule has 2 aromatic rings. The highest BCUT2D eigenvalue weighted by molar-refractivity contribution is 7.89. The van der Waals surface area contributed by atoms with E-state index in [4.69, 9.17) is 4.74 Å². The molecule has 130 valence electrons. The third-order valence-corrected chi connectivity index (χ3v) is 5.81. The number of aromatic nitrogens is 4. The molecule has 0 unspecified atom stereocenters. The lowest BCUT2D eigenvalue weighted by Crippen LogP contribution is -2.41. The van der Waals surface area contributed by atoms with E-state index in [9.17, 15) is 8.42 Å². The van der Waals surface area contributed by atoms with Crippen molar-refractivity contribution in [1.29, 1.82) is 0 Å². The lowest BCUT2D eigenvalue weighted by Gasteiger charge is -2.30. The van der Waals surface area contributed by atoms with E-state index in [1.165, 1.54) is 10.6 Å². The van der Waals surface area contributed by atoms with Gasteiger partial charge in [0.05, 0.1) is 6.33 Å². The highest BCUT2D eigenvalue weighted by atomic mass is 32.2. The number of ether oxygens (including phenoxy) is 1. The van der Waals surface area contributed by atoms with Gasteiger partial charge in [0.1, 0.15) is 12.4 Å². The van der Waals surface area contributed by atoms with Gasteiger partial charge in [0, 0.05) is 37.6 Å². The Morgan fingerprint density at radius 3 is 2.58 bits per heavy atom. The van der Waals surface area contributed by atoms with Crippen molar-refractivity contribution >= 4 is 10.0 Å². The topological polar surface area (TPSA) is 90.2 Å². The fourth-order valence-corrected chi connectivity index (χ4v) is 3.97. The molecule has 1 saturated heterocycles. The van der Waals surface area contributed by atoms with Crippen molar-refractivity contribution in [1.82, 2.24) is 23.8 Å². The van der Waals surface area contributed by atoms with Crippen molar-refractivity contribution in [2.24, 2.45) is 0 Å². The van der Waals surface area contributed by atoms with Gasteiger partial charge in [-0.1, -0.05) is 0 Å². The molecule has 9 heteroatoms. The molecule has 1 fully saturated rings. The van der Waals surface area contributed by atoms with Crippen LogP contribution in [0.15, 0.2) is 36.1 Å². The molecule has 24 heavy (non-hydrogen) atoms. The van der Waals surface area contributed by atoms with Gasteiger partial charge in [-0.15, -0.1) is 0 Å². The average molecular weight is 351 g/mol. The van der Waals surface area contributed by atoms with E-state index in [2.05, 4.69) is 15.0 Å². The Hall–Kier alpha value is -2.00. The van der Waals surface area contributed by atoms with E-state index in [1.54, 1.807) is 29.4 Å². The summed E-state index contributed by atoms with van der Waals surface area (Å²) in [6.45, 7) is 4.78. The summed E-state index contributed by atoms with van der Waals surface area (Å²) in [5, 5.41) is 0.103. The Kier molecular flexibility index (Phi) is 4.81. The van der Waals surface area contributed by atoms with Crippen molar-refractivity contribution < 1.29 is 13.2 Å². The van der Waals surface area contributed by atoms with Crippen LogP contribution in [-0.2, 0) is 10.0 Å². The van der Waals surface area contributed by atoms with Crippen LogP contribution in [0.2, 0.25) is 0 Å². The quantitative estimate of drug-likeness (QED) is 0.810. The summed E-state index contributed by atoms with van der Waals surface area (Å²) in [5.74, 6) is 0.516. The van der Waals surface area contributed by atoms with Crippen LogP contribution in [0.4, 0.5) is 0 Å². The van der Waals surface area contributed by atoms with E-state index in [-0.39, 0.29) is 17.2 Å². The monoisotopic (exact) mass is 351 g/mol. The molecule has 0 aliphatic carbocycles. The first kappa shape index (κ1) is 16.8. The fourth-order valence-electron chi connectivity index (χ4n) is 2.57. The Labute approximate surface area is 141 Å². The number of hydrogen-bond acceptors (Lipinski definition) is 6. The minimum absolute atomic E-state index is 0.0421. The predicted octanol–water partition coefficient (Wildman–Crippen LogP) is 1.49. The van der Waals surface area contributed by atoms with E-state index in [0.717, 1.165) is 0 Å². The van der Waals surface area contributed by atoms with Gasteiger partial charge in [0.2, 0.25) is 5.88 Å². The van der Waals surface area contributed by atoms with Crippen molar-refractivity contribution in [2.75, 3.05) is 13.1 Å². The maximum Gasteiger partial charge on any atom is 0.262 e. The van der Waals surface area contributed by atoms with Gasteiger partial charge in [0.25, 0.3) is 10.0 Å². The minimum atomic E-state index is -3.55. The average Bonchev–Trinajstić information content (AvgIpc) is 3.07. The molecular weight excluding hydrogens is 330 g/mol. The van der Waals surface area contributed by atoms with Gasteiger partial charge in [-0.2, -0.15) is 4.31 Å². The molecule has 0 N–H and O–H groups in total. The maximum absolute atomic E-state index is 12.7. The maximum atomic E-state index is 12.7. The van der Waals surface area contributed by atoms with Gasteiger partial charge in [-0.05, 0) is 26.7 Å². The molecule has 1 aliphatic heterocycles. The molecule has 0 spiro atoms.